The number of carbonyl (C=O) groups is 5. The topological polar surface area (TPSA) is 279 Å². The van der Waals surface area contributed by atoms with Gasteiger partial charge in [0.25, 0.3) is 0 Å². The van der Waals surface area contributed by atoms with Gasteiger partial charge in [-0.3, -0.25) is 10.2 Å². The van der Waals surface area contributed by atoms with E-state index in [2.05, 4.69) is 21.3 Å². The van der Waals surface area contributed by atoms with Crippen LogP contribution in [-0.4, -0.2) is 108 Å². The highest BCUT2D eigenvalue weighted by atomic mass is 19.4. The third kappa shape index (κ3) is 43.7. The third-order valence-electron chi connectivity index (χ3n) is 4.64. The van der Waals surface area contributed by atoms with Crippen molar-refractivity contribution in [2.75, 3.05) is 26.2 Å². The SMILES string of the molecule is CC(=O)N[C@H](CCCCCNC(=N)N)NC(=O)OCCCCNCC[C@@H](C)N.O=C(O)C(F)(F)F.O=C(O)C(F)(F)F.O=C(O)C(F)(F)F. The number of halogens is 9. The minimum atomic E-state index is -5.08. The average Bonchev–Trinajstić information content (AvgIpc) is 2.90. The third-order valence-corrected chi connectivity index (χ3v) is 4.64. The standard InChI is InChI=1S/C18H39N7O3.3C2HF3O2/c1-14(19)9-12-22-10-6-7-13-28-18(27)25-16(24-15(2)26)8-4-3-5-11-23-17(20)21;3*3-2(4,5)1(6)7/h14,16,22H,3-13,19H2,1-2H3,(H,24,26)(H,25,27)(H4,20,21,23);3*(H,6,7)/t14-,16+;;;/m1.../s1. The van der Waals surface area contributed by atoms with E-state index in [9.17, 15) is 49.1 Å². The minimum Gasteiger partial charge on any atom is -0.475 e. The second-order valence-electron chi connectivity index (χ2n) is 9.35. The van der Waals surface area contributed by atoms with Crippen LogP contribution in [0.3, 0.4) is 0 Å². The fourth-order valence-electron chi connectivity index (χ4n) is 2.45. The van der Waals surface area contributed by atoms with Crippen LogP contribution >= 0.6 is 0 Å². The van der Waals surface area contributed by atoms with Crippen molar-refractivity contribution in [3.63, 3.8) is 0 Å². The van der Waals surface area contributed by atoms with Gasteiger partial charge in [0.15, 0.2) is 5.96 Å². The van der Waals surface area contributed by atoms with E-state index in [4.69, 9.17) is 51.3 Å². The number of nitrogens with two attached hydrogens (primary N) is 2. The summed E-state index contributed by atoms with van der Waals surface area (Å²) < 4.78 is 100. The molecule has 0 aliphatic carbocycles. The van der Waals surface area contributed by atoms with Gasteiger partial charge in [-0.05, 0) is 58.5 Å². The Labute approximate surface area is 274 Å². The van der Waals surface area contributed by atoms with Crippen LogP contribution < -0.4 is 32.7 Å². The van der Waals surface area contributed by atoms with Crippen LogP contribution in [0.25, 0.3) is 0 Å². The van der Waals surface area contributed by atoms with Gasteiger partial charge < -0.3 is 52.8 Å². The Balaban J connectivity index is -0.000000386. The molecular formula is C24H42F9N7O9. The lowest BCUT2D eigenvalue weighted by Gasteiger charge is -2.19. The number of hydrogen-bond acceptors (Lipinski definition) is 9. The van der Waals surface area contributed by atoms with E-state index in [0.29, 0.717) is 19.6 Å². The molecule has 16 nitrogen and oxygen atoms in total. The molecule has 0 saturated carbocycles. The van der Waals surface area contributed by atoms with Gasteiger partial charge in [0.1, 0.15) is 6.17 Å². The highest BCUT2D eigenvalue weighted by molar-refractivity contribution is 5.75. The summed E-state index contributed by atoms with van der Waals surface area (Å²) in [7, 11) is 0. The molecule has 0 radical (unpaired) electrons. The van der Waals surface area contributed by atoms with Crippen molar-refractivity contribution >= 4 is 35.9 Å². The monoisotopic (exact) mass is 743 g/mol. The Morgan fingerprint density at radius 3 is 1.51 bits per heavy atom. The Morgan fingerprint density at radius 1 is 0.714 bits per heavy atom. The van der Waals surface area contributed by atoms with Gasteiger partial charge in [-0.1, -0.05) is 6.42 Å². The number of guanidine groups is 1. The van der Waals surface area contributed by atoms with Crippen LogP contribution in [0.5, 0.6) is 0 Å². The summed E-state index contributed by atoms with van der Waals surface area (Å²) >= 11 is 0. The number of aliphatic carboxylic acids is 3. The number of hydrogen-bond donors (Lipinski definition) is 10. The second-order valence-corrected chi connectivity index (χ2v) is 9.35. The first-order chi connectivity index (χ1) is 22.1. The van der Waals surface area contributed by atoms with Gasteiger partial charge in [-0.25, -0.2) is 19.2 Å². The van der Waals surface area contributed by atoms with E-state index in [1.807, 2.05) is 6.92 Å². The number of alkyl carbamates (subject to hydrolysis) is 1. The van der Waals surface area contributed by atoms with E-state index in [0.717, 1.165) is 51.6 Å². The summed E-state index contributed by atoms with van der Waals surface area (Å²) in [6, 6.07) is 0.202. The minimum absolute atomic E-state index is 0.0403. The fraction of sp³-hybridized carbons (Fsp3) is 0.750. The molecule has 0 saturated heterocycles. The number of rotatable bonds is 16. The summed E-state index contributed by atoms with van der Waals surface area (Å²) in [5.41, 5.74) is 10.9. The van der Waals surface area contributed by atoms with Gasteiger partial charge in [-0.15, -0.1) is 0 Å². The Hall–Kier alpha value is -4.29. The summed E-state index contributed by atoms with van der Waals surface area (Å²) in [6.07, 6.45) is -10.4. The predicted molar refractivity (Wildman–Crippen MR) is 152 cm³/mol. The normalized spacial score (nSPS) is 12.1. The molecule has 0 spiro atoms. The quantitative estimate of drug-likeness (QED) is 0.0357. The van der Waals surface area contributed by atoms with Gasteiger partial charge >= 0.3 is 42.5 Å². The molecule has 2 atom stereocenters. The first-order valence-corrected chi connectivity index (χ1v) is 13.8. The maximum absolute atomic E-state index is 11.9. The van der Waals surface area contributed by atoms with Gasteiger partial charge in [0, 0.05) is 19.5 Å². The highest BCUT2D eigenvalue weighted by Crippen LogP contribution is 2.14. The fourth-order valence-corrected chi connectivity index (χ4v) is 2.45. The first kappa shape index (κ1) is 51.5. The molecule has 0 aromatic rings. The zero-order chi connectivity index (χ0) is 39.4. The van der Waals surface area contributed by atoms with E-state index >= 15 is 0 Å². The molecule has 0 rings (SSSR count). The molecule has 0 heterocycles. The second kappa shape index (κ2) is 27.6. The Bertz CT molecular complexity index is 926. The lowest BCUT2D eigenvalue weighted by atomic mass is 10.1. The number of ether oxygens (including phenoxy) is 1. The number of carboxylic acids is 3. The Morgan fingerprint density at radius 2 is 1.14 bits per heavy atom. The molecule has 0 bridgehead atoms. The molecule has 0 aromatic carbocycles. The molecule has 290 valence electrons. The summed E-state index contributed by atoms with van der Waals surface area (Å²) in [6.45, 7) is 6.12. The van der Waals surface area contributed by atoms with Crippen molar-refractivity contribution < 1.29 is 83.5 Å². The number of alkyl halides is 9. The average molecular weight is 744 g/mol. The first-order valence-electron chi connectivity index (χ1n) is 13.8. The zero-order valence-corrected chi connectivity index (χ0v) is 26.3. The lowest BCUT2D eigenvalue weighted by Crippen LogP contribution is -2.47. The highest BCUT2D eigenvalue weighted by Gasteiger charge is 2.39. The van der Waals surface area contributed by atoms with Crippen LogP contribution in [0.1, 0.15) is 58.8 Å². The van der Waals surface area contributed by atoms with Crippen molar-refractivity contribution in [3.05, 3.63) is 0 Å². The smallest absolute Gasteiger partial charge is 0.475 e. The van der Waals surface area contributed by atoms with E-state index in [1.165, 1.54) is 6.92 Å². The summed E-state index contributed by atoms with van der Waals surface area (Å²) in [5.74, 6) is -8.52. The van der Waals surface area contributed by atoms with Crippen molar-refractivity contribution in [1.82, 2.24) is 21.3 Å². The molecular weight excluding hydrogens is 701 g/mol. The van der Waals surface area contributed by atoms with Crippen molar-refractivity contribution in [2.24, 2.45) is 11.5 Å². The van der Waals surface area contributed by atoms with Crippen LogP contribution in [-0.2, 0) is 23.9 Å². The Kier molecular flexibility index (Phi) is 29.1. The van der Waals surface area contributed by atoms with Gasteiger partial charge in [0.2, 0.25) is 5.91 Å². The van der Waals surface area contributed by atoms with Crippen LogP contribution in [0.2, 0.25) is 0 Å². The van der Waals surface area contributed by atoms with Crippen LogP contribution in [0.4, 0.5) is 44.3 Å². The maximum atomic E-state index is 11.9. The van der Waals surface area contributed by atoms with Crippen LogP contribution in [0.15, 0.2) is 0 Å². The molecule has 0 unspecified atom stereocenters. The lowest BCUT2D eigenvalue weighted by molar-refractivity contribution is -0.193. The molecule has 0 aliphatic rings. The van der Waals surface area contributed by atoms with Crippen molar-refractivity contribution in [2.45, 2.75) is 89.5 Å². The largest absolute Gasteiger partial charge is 0.490 e. The molecule has 0 aromatic heterocycles. The number of unbranched alkanes of at least 4 members (excludes halogenated alkanes) is 3. The van der Waals surface area contributed by atoms with Crippen LogP contribution in [0, 0.1) is 5.41 Å². The van der Waals surface area contributed by atoms with E-state index in [1.54, 1.807) is 0 Å². The predicted octanol–water partition coefficient (Wildman–Crippen LogP) is 2.23. The van der Waals surface area contributed by atoms with Gasteiger partial charge in [-0.2, -0.15) is 39.5 Å². The van der Waals surface area contributed by atoms with Gasteiger partial charge in [0.05, 0.1) is 6.61 Å². The van der Waals surface area contributed by atoms with E-state index in [-0.39, 0.29) is 17.9 Å². The van der Waals surface area contributed by atoms with Crippen molar-refractivity contribution in [1.29, 1.82) is 5.41 Å². The number of carboxylic acid groups (broad SMARTS) is 3. The van der Waals surface area contributed by atoms with E-state index < -0.39 is 48.7 Å². The molecule has 0 fully saturated rings. The number of carbonyl (C=O) groups excluding carboxylic acids is 2. The zero-order valence-electron chi connectivity index (χ0n) is 26.3. The molecule has 2 amide bonds. The molecule has 12 N–H and O–H groups in total. The molecule has 0 aliphatic heterocycles. The number of amides is 2. The maximum Gasteiger partial charge on any atom is 0.490 e. The number of nitrogens with one attached hydrogen (secondary N) is 5. The molecule has 49 heavy (non-hydrogen) atoms. The molecule has 25 heteroatoms. The van der Waals surface area contributed by atoms with Crippen molar-refractivity contribution in [3.8, 4) is 0 Å². The summed E-state index contributed by atoms with van der Waals surface area (Å²) in [5, 5.41) is 39.9. The summed E-state index contributed by atoms with van der Waals surface area (Å²) in [4.78, 5) is 49.9.